The Balaban J connectivity index is 2.00. The largest absolute Gasteiger partial charge is 0.416 e. The van der Waals surface area contributed by atoms with Crippen molar-refractivity contribution in [2.45, 2.75) is 38.4 Å². The smallest absolute Gasteiger partial charge is 0.377 e. The van der Waals surface area contributed by atoms with Gasteiger partial charge in [-0.15, -0.1) is 0 Å². The van der Waals surface area contributed by atoms with Crippen LogP contribution in [-0.2, 0) is 12.6 Å². The number of fused-ring (bicyclic) bond motifs is 1. The Morgan fingerprint density at radius 1 is 1.05 bits per heavy atom. The van der Waals surface area contributed by atoms with Crippen molar-refractivity contribution in [1.29, 1.82) is 0 Å². The zero-order valence-corrected chi connectivity index (χ0v) is 12.5. The van der Waals surface area contributed by atoms with E-state index >= 15 is 0 Å². The Hall–Kier alpha value is -1.97. The highest BCUT2D eigenvalue weighted by Crippen LogP contribution is 2.42. The Labute approximate surface area is 128 Å². The lowest BCUT2D eigenvalue weighted by atomic mass is 9.96. The fraction of sp³-hybridized carbons (Fsp3) is 0.333. The van der Waals surface area contributed by atoms with Crippen LogP contribution in [0.3, 0.4) is 0 Å². The van der Waals surface area contributed by atoms with Crippen LogP contribution >= 0.6 is 0 Å². The molecule has 3 rings (SSSR count). The van der Waals surface area contributed by atoms with E-state index in [1.165, 1.54) is 6.07 Å². The van der Waals surface area contributed by atoms with Crippen LogP contribution in [0.2, 0.25) is 0 Å². The second kappa shape index (κ2) is 5.34. The van der Waals surface area contributed by atoms with E-state index in [2.05, 4.69) is 19.2 Å². The minimum absolute atomic E-state index is 0.320. The van der Waals surface area contributed by atoms with Crippen LogP contribution in [0.4, 0.5) is 18.9 Å². The van der Waals surface area contributed by atoms with Gasteiger partial charge >= 0.3 is 6.18 Å². The maximum atomic E-state index is 13.2. The molecule has 1 aliphatic rings. The van der Waals surface area contributed by atoms with E-state index in [-0.39, 0.29) is 6.04 Å². The Morgan fingerprint density at radius 3 is 2.45 bits per heavy atom. The van der Waals surface area contributed by atoms with Gasteiger partial charge in [0.05, 0.1) is 11.6 Å². The molecule has 1 unspecified atom stereocenters. The summed E-state index contributed by atoms with van der Waals surface area (Å²) in [6.07, 6.45) is -3.74. The third kappa shape index (κ3) is 2.58. The molecule has 1 aliphatic heterocycles. The first-order valence-electron chi connectivity index (χ1n) is 7.42. The average molecular weight is 305 g/mol. The zero-order chi connectivity index (χ0) is 15.9. The van der Waals surface area contributed by atoms with Crippen LogP contribution in [-0.4, -0.2) is 0 Å². The lowest BCUT2D eigenvalue weighted by molar-refractivity contribution is -0.138. The molecule has 0 saturated heterocycles. The highest BCUT2D eigenvalue weighted by atomic mass is 19.4. The number of hydrogen-bond acceptors (Lipinski definition) is 1. The molecule has 1 nitrogen and oxygen atoms in total. The van der Waals surface area contributed by atoms with Gasteiger partial charge in [-0.25, -0.2) is 0 Å². The standard InChI is InChI=1S/C18H18F3N/c1-11(2)13-8-5-6-12-10-16(22-17(12)13)14-7-3-4-9-15(14)18(19,20)21/h3-9,11,16,22H,10H2,1-2H3. The molecule has 0 aliphatic carbocycles. The second-order valence-corrected chi connectivity index (χ2v) is 6.02. The van der Waals surface area contributed by atoms with Crippen molar-refractivity contribution in [3.8, 4) is 0 Å². The number of nitrogens with one attached hydrogen (secondary N) is 1. The van der Waals surface area contributed by atoms with Gasteiger partial charge in [0.1, 0.15) is 0 Å². The molecule has 116 valence electrons. The van der Waals surface area contributed by atoms with Crippen molar-refractivity contribution in [2.24, 2.45) is 0 Å². The topological polar surface area (TPSA) is 12.0 Å². The van der Waals surface area contributed by atoms with Gasteiger partial charge in [-0.1, -0.05) is 50.2 Å². The summed E-state index contributed by atoms with van der Waals surface area (Å²) in [5, 5.41) is 3.31. The Morgan fingerprint density at radius 2 is 1.77 bits per heavy atom. The first kappa shape index (κ1) is 14.9. The summed E-state index contributed by atoms with van der Waals surface area (Å²) in [5.74, 6) is 0.332. The number of anilines is 1. The summed E-state index contributed by atoms with van der Waals surface area (Å²) in [6.45, 7) is 4.18. The number of alkyl halides is 3. The fourth-order valence-electron chi connectivity index (χ4n) is 3.14. The van der Waals surface area contributed by atoms with Gasteiger partial charge in [-0.2, -0.15) is 13.2 Å². The molecule has 0 spiro atoms. The molecule has 1 heterocycles. The molecule has 0 fully saturated rings. The van der Waals surface area contributed by atoms with Crippen molar-refractivity contribution in [3.63, 3.8) is 0 Å². The van der Waals surface area contributed by atoms with E-state index in [0.717, 1.165) is 22.9 Å². The molecule has 0 bridgehead atoms. The van der Waals surface area contributed by atoms with E-state index in [9.17, 15) is 13.2 Å². The molecular formula is C18H18F3N. The molecule has 0 amide bonds. The van der Waals surface area contributed by atoms with Gasteiger partial charge in [-0.3, -0.25) is 0 Å². The third-order valence-electron chi connectivity index (χ3n) is 4.19. The summed E-state index contributed by atoms with van der Waals surface area (Å²) < 4.78 is 39.6. The van der Waals surface area contributed by atoms with Crippen molar-refractivity contribution in [1.82, 2.24) is 0 Å². The average Bonchev–Trinajstić information content (AvgIpc) is 2.89. The second-order valence-electron chi connectivity index (χ2n) is 6.02. The number of halogens is 3. The number of para-hydroxylation sites is 1. The summed E-state index contributed by atoms with van der Waals surface area (Å²) in [6, 6.07) is 11.5. The van der Waals surface area contributed by atoms with Gasteiger partial charge in [0.25, 0.3) is 0 Å². The van der Waals surface area contributed by atoms with Crippen molar-refractivity contribution >= 4 is 5.69 Å². The highest BCUT2D eigenvalue weighted by molar-refractivity contribution is 5.64. The monoisotopic (exact) mass is 305 g/mol. The van der Waals surface area contributed by atoms with Crippen molar-refractivity contribution in [2.75, 3.05) is 5.32 Å². The maximum Gasteiger partial charge on any atom is 0.416 e. The van der Waals surface area contributed by atoms with E-state index < -0.39 is 11.7 Å². The predicted octanol–water partition coefficient (Wildman–Crippen LogP) is 5.54. The fourth-order valence-corrected chi connectivity index (χ4v) is 3.14. The summed E-state index contributed by atoms with van der Waals surface area (Å²) in [5.41, 5.74) is 3.02. The molecule has 2 aromatic carbocycles. The molecule has 0 saturated carbocycles. The van der Waals surface area contributed by atoms with E-state index in [1.807, 2.05) is 18.2 Å². The molecule has 0 aromatic heterocycles. The Bertz CT molecular complexity index is 689. The van der Waals surface area contributed by atoms with Gasteiger partial charge in [0, 0.05) is 5.69 Å². The van der Waals surface area contributed by atoms with Crippen LogP contribution in [0.5, 0.6) is 0 Å². The summed E-state index contributed by atoms with van der Waals surface area (Å²) >= 11 is 0. The maximum absolute atomic E-state index is 13.2. The first-order valence-corrected chi connectivity index (χ1v) is 7.42. The summed E-state index contributed by atoms with van der Waals surface area (Å²) in [7, 11) is 0. The highest BCUT2D eigenvalue weighted by Gasteiger charge is 2.36. The molecule has 0 radical (unpaired) electrons. The quantitative estimate of drug-likeness (QED) is 0.768. The van der Waals surface area contributed by atoms with Gasteiger partial charge in [0.2, 0.25) is 0 Å². The van der Waals surface area contributed by atoms with Crippen LogP contribution in [0, 0.1) is 0 Å². The van der Waals surface area contributed by atoms with Gasteiger partial charge in [0.15, 0.2) is 0 Å². The molecular weight excluding hydrogens is 287 g/mol. The van der Waals surface area contributed by atoms with Crippen molar-refractivity contribution in [3.05, 3.63) is 64.7 Å². The molecule has 2 aromatic rings. The van der Waals surface area contributed by atoms with E-state index in [0.29, 0.717) is 17.9 Å². The number of rotatable bonds is 2. The third-order valence-corrected chi connectivity index (χ3v) is 4.19. The minimum Gasteiger partial charge on any atom is -0.377 e. The van der Waals surface area contributed by atoms with Crippen LogP contribution in [0.1, 0.15) is 48.1 Å². The Kier molecular flexibility index (Phi) is 3.63. The number of hydrogen-bond donors (Lipinski definition) is 1. The van der Waals surface area contributed by atoms with Crippen LogP contribution in [0.15, 0.2) is 42.5 Å². The molecule has 22 heavy (non-hydrogen) atoms. The molecule has 4 heteroatoms. The van der Waals surface area contributed by atoms with Gasteiger partial charge in [-0.05, 0) is 35.1 Å². The SMILES string of the molecule is CC(C)c1cccc2c1NC(c1ccccc1C(F)(F)F)C2. The first-order chi connectivity index (χ1) is 10.4. The lowest BCUT2D eigenvalue weighted by Gasteiger charge is -2.19. The minimum atomic E-state index is -4.33. The molecule has 1 N–H and O–H groups in total. The summed E-state index contributed by atoms with van der Waals surface area (Å²) in [4.78, 5) is 0. The molecule has 1 atom stereocenters. The van der Waals surface area contributed by atoms with Crippen LogP contribution in [0.25, 0.3) is 0 Å². The zero-order valence-electron chi connectivity index (χ0n) is 12.5. The van der Waals surface area contributed by atoms with Crippen molar-refractivity contribution < 1.29 is 13.2 Å². The number of benzene rings is 2. The van der Waals surface area contributed by atoms with Gasteiger partial charge < -0.3 is 5.32 Å². The van der Waals surface area contributed by atoms with E-state index in [1.54, 1.807) is 12.1 Å². The normalized spacial score (nSPS) is 17.5. The lowest BCUT2D eigenvalue weighted by Crippen LogP contribution is -2.15. The van der Waals surface area contributed by atoms with E-state index in [4.69, 9.17) is 0 Å². The predicted molar refractivity (Wildman–Crippen MR) is 82.0 cm³/mol. The van der Waals surface area contributed by atoms with Crippen LogP contribution < -0.4 is 5.32 Å².